The lowest BCUT2D eigenvalue weighted by Crippen LogP contribution is -2.58. The fraction of sp³-hybridized carbons (Fsp3) is 0.467. The summed E-state index contributed by atoms with van der Waals surface area (Å²) in [4.78, 5) is 26.7. The van der Waals surface area contributed by atoms with Crippen molar-refractivity contribution in [1.29, 1.82) is 0 Å². The molecule has 1 fully saturated rings. The summed E-state index contributed by atoms with van der Waals surface area (Å²) < 4.78 is 0. The Labute approximate surface area is 123 Å². The predicted octanol–water partition coefficient (Wildman–Crippen LogP) is 1.91. The number of benzene rings is 1. The van der Waals surface area contributed by atoms with E-state index in [1.807, 2.05) is 25.1 Å². The van der Waals surface area contributed by atoms with Crippen molar-refractivity contribution < 1.29 is 9.59 Å². The number of hydrogen-bond acceptors (Lipinski definition) is 3. The number of piperazine rings is 1. The van der Waals surface area contributed by atoms with Gasteiger partial charge in [0.05, 0.1) is 6.54 Å². The quantitative estimate of drug-likeness (QED) is 0.815. The molecule has 1 aromatic carbocycles. The molecule has 0 aromatic heterocycles. The van der Waals surface area contributed by atoms with Gasteiger partial charge in [-0.2, -0.15) is 0 Å². The maximum Gasteiger partial charge on any atom is 0.245 e. The molecule has 2 amide bonds. The van der Waals surface area contributed by atoms with Crippen LogP contribution in [0.1, 0.15) is 19.8 Å². The number of nitrogens with one attached hydrogen (secondary N) is 1. The highest BCUT2D eigenvalue weighted by Crippen LogP contribution is 2.17. The molecule has 1 N–H and O–H groups in total. The average molecular weight is 292 g/mol. The summed E-state index contributed by atoms with van der Waals surface area (Å²) in [5.74, 6) is 0.815. The average Bonchev–Trinajstić information content (AvgIpc) is 2.45. The summed E-state index contributed by atoms with van der Waals surface area (Å²) in [6.07, 6.45) is 1.61. The summed E-state index contributed by atoms with van der Waals surface area (Å²) in [6, 6.07) is 9.75. The van der Waals surface area contributed by atoms with Gasteiger partial charge in [0.25, 0.3) is 0 Å². The molecule has 1 aromatic rings. The molecular weight excluding hydrogens is 272 g/mol. The van der Waals surface area contributed by atoms with Crippen LogP contribution >= 0.6 is 11.8 Å². The maximum atomic E-state index is 12.2. The Hall–Kier alpha value is -1.49. The van der Waals surface area contributed by atoms with Crippen molar-refractivity contribution in [3.05, 3.63) is 30.3 Å². The zero-order chi connectivity index (χ0) is 14.4. The van der Waals surface area contributed by atoms with E-state index < -0.39 is 0 Å². The van der Waals surface area contributed by atoms with Crippen LogP contribution in [0.4, 0.5) is 0 Å². The van der Waals surface area contributed by atoms with Crippen LogP contribution < -0.4 is 5.32 Å². The van der Waals surface area contributed by atoms with Crippen molar-refractivity contribution in [2.75, 3.05) is 18.8 Å². The van der Waals surface area contributed by atoms with Crippen LogP contribution in [0.15, 0.2) is 35.2 Å². The lowest BCUT2D eigenvalue weighted by molar-refractivity contribution is -0.144. The number of rotatable bonds is 6. The molecule has 1 saturated heterocycles. The minimum absolute atomic E-state index is 0.0484. The van der Waals surface area contributed by atoms with Crippen molar-refractivity contribution in [2.45, 2.75) is 30.7 Å². The van der Waals surface area contributed by atoms with Gasteiger partial charge in [-0.05, 0) is 18.6 Å². The number of hydrogen-bond donors (Lipinski definition) is 1. The Kier molecular flexibility index (Phi) is 5.47. The zero-order valence-electron chi connectivity index (χ0n) is 11.7. The van der Waals surface area contributed by atoms with Crippen molar-refractivity contribution in [1.82, 2.24) is 10.2 Å². The largest absolute Gasteiger partial charge is 0.343 e. The highest BCUT2D eigenvalue weighted by Gasteiger charge is 2.31. The Bertz CT molecular complexity index is 464. The first-order valence-corrected chi connectivity index (χ1v) is 7.95. The second-order valence-electron chi connectivity index (χ2n) is 4.83. The highest BCUT2D eigenvalue weighted by atomic mass is 32.2. The third-order valence-corrected chi connectivity index (χ3v) is 4.22. The monoisotopic (exact) mass is 292 g/mol. The van der Waals surface area contributed by atoms with Crippen LogP contribution in [0.3, 0.4) is 0 Å². The molecule has 1 aliphatic heterocycles. The van der Waals surface area contributed by atoms with Gasteiger partial charge in [0, 0.05) is 17.2 Å². The third kappa shape index (κ3) is 4.00. The van der Waals surface area contributed by atoms with Gasteiger partial charge in [-0.15, -0.1) is 11.8 Å². The predicted molar refractivity (Wildman–Crippen MR) is 80.6 cm³/mol. The standard InChI is InChI=1S/C15H20N2O2S/c1-2-6-13-15(19)17(11-14(18)16-13)9-10-20-12-7-4-3-5-8-12/h3-5,7-8,13H,2,6,9-11H2,1H3,(H,16,18). The molecule has 20 heavy (non-hydrogen) atoms. The molecule has 1 aliphatic rings. The van der Waals surface area contributed by atoms with Crippen LogP contribution in [0.25, 0.3) is 0 Å². The Morgan fingerprint density at radius 2 is 2.05 bits per heavy atom. The number of carbonyl (C=O) groups excluding carboxylic acids is 2. The maximum absolute atomic E-state index is 12.2. The van der Waals surface area contributed by atoms with Gasteiger partial charge in [0.15, 0.2) is 0 Å². The second-order valence-corrected chi connectivity index (χ2v) is 6.00. The number of carbonyl (C=O) groups is 2. The number of nitrogens with zero attached hydrogens (tertiary/aromatic N) is 1. The first kappa shape index (κ1) is 14.9. The Morgan fingerprint density at radius 3 is 2.75 bits per heavy atom. The molecule has 5 heteroatoms. The molecule has 1 heterocycles. The first-order chi connectivity index (χ1) is 9.70. The minimum atomic E-state index is -0.331. The summed E-state index contributed by atoms with van der Waals surface area (Å²) >= 11 is 1.71. The first-order valence-electron chi connectivity index (χ1n) is 6.96. The van der Waals surface area contributed by atoms with E-state index in [0.717, 1.165) is 12.2 Å². The lowest BCUT2D eigenvalue weighted by atomic mass is 10.1. The van der Waals surface area contributed by atoms with E-state index in [4.69, 9.17) is 0 Å². The van der Waals surface area contributed by atoms with E-state index in [9.17, 15) is 9.59 Å². The SMILES string of the molecule is CCCC1NC(=O)CN(CCSc2ccccc2)C1=O. The van der Waals surface area contributed by atoms with Crippen LogP contribution in [-0.2, 0) is 9.59 Å². The van der Waals surface area contributed by atoms with Gasteiger partial charge in [0.1, 0.15) is 6.04 Å². The van der Waals surface area contributed by atoms with Crippen molar-refractivity contribution in [3.63, 3.8) is 0 Å². The smallest absolute Gasteiger partial charge is 0.245 e. The van der Waals surface area contributed by atoms with Gasteiger partial charge in [0.2, 0.25) is 11.8 Å². The minimum Gasteiger partial charge on any atom is -0.343 e. The van der Waals surface area contributed by atoms with E-state index in [0.29, 0.717) is 13.0 Å². The van der Waals surface area contributed by atoms with Crippen LogP contribution in [0.2, 0.25) is 0 Å². The van der Waals surface area contributed by atoms with Crippen LogP contribution in [0.5, 0.6) is 0 Å². The molecule has 0 aliphatic carbocycles. The van der Waals surface area contributed by atoms with Crippen molar-refractivity contribution >= 4 is 23.6 Å². The fourth-order valence-electron chi connectivity index (χ4n) is 2.24. The molecular formula is C15H20N2O2S. The summed E-state index contributed by atoms with van der Waals surface area (Å²) in [5.41, 5.74) is 0. The van der Waals surface area contributed by atoms with Gasteiger partial charge >= 0.3 is 0 Å². The van der Waals surface area contributed by atoms with E-state index in [2.05, 4.69) is 17.4 Å². The molecule has 0 spiro atoms. The van der Waals surface area contributed by atoms with E-state index >= 15 is 0 Å². The van der Waals surface area contributed by atoms with Gasteiger partial charge in [-0.1, -0.05) is 31.5 Å². The van der Waals surface area contributed by atoms with E-state index in [-0.39, 0.29) is 24.4 Å². The summed E-state index contributed by atoms with van der Waals surface area (Å²) in [6.45, 7) is 2.82. The second kappa shape index (κ2) is 7.33. The molecule has 0 saturated carbocycles. The van der Waals surface area contributed by atoms with Crippen molar-refractivity contribution in [3.8, 4) is 0 Å². The van der Waals surface area contributed by atoms with Gasteiger partial charge in [-0.3, -0.25) is 9.59 Å². The molecule has 1 atom stereocenters. The summed E-state index contributed by atoms with van der Waals surface area (Å²) in [5, 5.41) is 2.77. The Morgan fingerprint density at radius 1 is 1.30 bits per heavy atom. The normalized spacial score (nSPS) is 19.1. The van der Waals surface area contributed by atoms with E-state index in [1.165, 1.54) is 4.90 Å². The molecule has 1 unspecified atom stereocenters. The fourth-order valence-corrected chi connectivity index (χ4v) is 3.13. The van der Waals surface area contributed by atoms with Gasteiger partial charge in [-0.25, -0.2) is 0 Å². The van der Waals surface area contributed by atoms with Crippen molar-refractivity contribution in [2.24, 2.45) is 0 Å². The topological polar surface area (TPSA) is 49.4 Å². The molecule has 2 rings (SSSR count). The number of thioether (sulfide) groups is 1. The third-order valence-electron chi connectivity index (χ3n) is 3.23. The Balaban J connectivity index is 1.84. The molecule has 0 bridgehead atoms. The van der Waals surface area contributed by atoms with Crippen LogP contribution in [-0.4, -0.2) is 41.6 Å². The summed E-state index contributed by atoms with van der Waals surface area (Å²) in [7, 11) is 0. The highest BCUT2D eigenvalue weighted by molar-refractivity contribution is 7.99. The zero-order valence-corrected chi connectivity index (χ0v) is 12.5. The molecule has 4 nitrogen and oxygen atoms in total. The number of amides is 2. The molecule has 0 radical (unpaired) electrons. The van der Waals surface area contributed by atoms with Gasteiger partial charge < -0.3 is 10.2 Å². The molecule has 108 valence electrons. The van der Waals surface area contributed by atoms with E-state index in [1.54, 1.807) is 16.7 Å². The van der Waals surface area contributed by atoms with Crippen LogP contribution in [0, 0.1) is 0 Å². The lowest BCUT2D eigenvalue weighted by Gasteiger charge is -2.32.